The molecule has 4 aliphatic rings. The molecule has 2 unspecified atom stereocenters. The lowest BCUT2D eigenvalue weighted by Crippen LogP contribution is -2.53. The average Bonchev–Trinajstić information content (AvgIpc) is 3.71. The third-order valence-corrected chi connectivity index (χ3v) is 12.3. The number of rotatable bonds is 9. The Morgan fingerprint density at radius 2 is 1.78 bits per heavy atom. The molecule has 1 saturated carbocycles. The van der Waals surface area contributed by atoms with Crippen molar-refractivity contribution in [1.82, 2.24) is 18.8 Å². The van der Waals surface area contributed by atoms with Crippen LogP contribution in [-0.4, -0.2) is 107 Å². The molecule has 1 N–H and O–H groups in total. The summed E-state index contributed by atoms with van der Waals surface area (Å²) in [6.45, 7) is 9.37. The van der Waals surface area contributed by atoms with Gasteiger partial charge in [0.25, 0.3) is 11.8 Å². The number of benzene rings is 2. The maximum Gasteiger partial charge on any atom is 0.341 e. The molecule has 3 aromatic rings. The van der Waals surface area contributed by atoms with Crippen LogP contribution in [0.2, 0.25) is 0 Å². The molecule has 3 aliphatic heterocycles. The quantitative estimate of drug-likeness (QED) is 0.328. The van der Waals surface area contributed by atoms with Crippen molar-refractivity contribution in [2.75, 3.05) is 71.5 Å². The molecule has 274 valence electrons. The Balaban J connectivity index is 1.14. The SMILES string of the molecule is CCOc1c(C(=O)NS(=O)(=O)N2CC3CC3C2)ccc(C(=O)N2CCc3c(c(=O)oc4c(C)c(N5CCN(C)[C@@H](COC)C5)cc(C)c34)C2)c1F. The summed E-state index contributed by atoms with van der Waals surface area (Å²) in [5.41, 5.74) is 3.26. The van der Waals surface area contributed by atoms with E-state index >= 15 is 4.39 Å². The fourth-order valence-corrected chi connectivity index (χ4v) is 9.18. The number of piperidine rings is 1. The van der Waals surface area contributed by atoms with Crippen molar-refractivity contribution >= 4 is 38.7 Å². The number of piperazine rings is 1. The number of anilines is 1. The first kappa shape index (κ1) is 35.4. The van der Waals surface area contributed by atoms with E-state index in [0.717, 1.165) is 59.9 Å². The largest absolute Gasteiger partial charge is 0.490 e. The summed E-state index contributed by atoms with van der Waals surface area (Å²) in [4.78, 5) is 46.4. The van der Waals surface area contributed by atoms with E-state index in [4.69, 9.17) is 13.9 Å². The second-order valence-electron chi connectivity index (χ2n) is 14.1. The van der Waals surface area contributed by atoms with Gasteiger partial charge in [-0.05, 0) is 81.8 Å². The zero-order valence-electron chi connectivity index (χ0n) is 29.6. The van der Waals surface area contributed by atoms with Crippen molar-refractivity contribution in [3.8, 4) is 5.75 Å². The molecule has 3 atom stereocenters. The first-order chi connectivity index (χ1) is 24.3. The molecule has 2 saturated heterocycles. The van der Waals surface area contributed by atoms with Crippen molar-refractivity contribution < 1.29 is 36.3 Å². The molecule has 13 nitrogen and oxygen atoms in total. The van der Waals surface area contributed by atoms with E-state index in [9.17, 15) is 22.8 Å². The number of hydrogen-bond acceptors (Lipinski definition) is 10. The van der Waals surface area contributed by atoms with Gasteiger partial charge >= 0.3 is 15.8 Å². The second kappa shape index (κ2) is 13.5. The number of hydrogen-bond donors (Lipinski definition) is 1. The van der Waals surface area contributed by atoms with Gasteiger partial charge in [0, 0.05) is 63.0 Å². The number of fused-ring (bicyclic) bond motifs is 4. The van der Waals surface area contributed by atoms with Gasteiger partial charge in [-0.25, -0.2) is 13.9 Å². The van der Waals surface area contributed by atoms with Crippen molar-refractivity contribution in [2.45, 2.75) is 46.2 Å². The first-order valence-electron chi connectivity index (χ1n) is 17.4. The smallest absolute Gasteiger partial charge is 0.341 e. The second-order valence-corrected chi connectivity index (χ2v) is 15.8. The van der Waals surface area contributed by atoms with E-state index in [1.807, 2.05) is 18.6 Å². The lowest BCUT2D eigenvalue weighted by Gasteiger charge is -2.41. The van der Waals surface area contributed by atoms with E-state index in [1.54, 1.807) is 14.0 Å². The predicted molar refractivity (Wildman–Crippen MR) is 188 cm³/mol. The fraction of sp³-hybridized carbons (Fsp3) is 0.528. The summed E-state index contributed by atoms with van der Waals surface area (Å²) in [5, 5.41) is 0.849. The minimum atomic E-state index is -4.13. The van der Waals surface area contributed by atoms with Crippen LogP contribution < -0.4 is 20.0 Å². The molecule has 1 aromatic heterocycles. The number of nitrogens with one attached hydrogen (secondary N) is 1. The van der Waals surface area contributed by atoms with Gasteiger partial charge in [0.05, 0.1) is 42.5 Å². The fourth-order valence-electron chi connectivity index (χ4n) is 7.93. The molecule has 0 bridgehead atoms. The summed E-state index contributed by atoms with van der Waals surface area (Å²) in [5.74, 6) is -2.72. The number of amides is 2. The molecule has 15 heteroatoms. The van der Waals surface area contributed by atoms with Crippen LogP contribution in [0.3, 0.4) is 0 Å². The normalized spacial score (nSPS) is 22.2. The molecular formula is C36H44FN5O8S. The van der Waals surface area contributed by atoms with Gasteiger partial charge in [-0.15, -0.1) is 0 Å². The van der Waals surface area contributed by atoms with Crippen LogP contribution in [0.25, 0.3) is 11.0 Å². The van der Waals surface area contributed by atoms with Gasteiger partial charge in [-0.3, -0.25) is 14.5 Å². The molecule has 7 rings (SSSR count). The predicted octanol–water partition coefficient (Wildman–Crippen LogP) is 2.84. The number of carbonyl (C=O) groups excluding carboxylic acids is 2. The van der Waals surface area contributed by atoms with Crippen molar-refractivity contribution in [3.63, 3.8) is 0 Å². The Morgan fingerprint density at radius 1 is 1.06 bits per heavy atom. The first-order valence-corrected chi connectivity index (χ1v) is 18.9. The van der Waals surface area contributed by atoms with E-state index in [1.165, 1.54) is 15.3 Å². The number of aryl methyl sites for hydroxylation is 2. The maximum atomic E-state index is 16.0. The van der Waals surface area contributed by atoms with Crippen LogP contribution >= 0.6 is 0 Å². The molecule has 51 heavy (non-hydrogen) atoms. The zero-order valence-corrected chi connectivity index (χ0v) is 30.4. The van der Waals surface area contributed by atoms with Crippen LogP contribution in [0, 0.1) is 31.5 Å². The molecule has 2 aromatic carbocycles. The van der Waals surface area contributed by atoms with Crippen molar-refractivity contribution in [3.05, 3.63) is 67.8 Å². The highest BCUT2D eigenvalue weighted by atomic mass is 32.2. The Bertz CT molecular complexity index is 2080. The van der Waals surface area contributed by atoms with Gasteiger partial charge in [0.15, 0.2) is 11.6 Å². The van der Waals surface area contributed by atoms with Crippen molar-refractivity contribution in [1.29, 1.82) is 0 Å². The van der Waals surface area contributed by atoms with E-state index < -0.39 is 39.2 Å². The summed E-state index contributed by atoms with van der Waals surface area (Å²) < 4.78 is 61.9. The average molecular weight is 726 g/mol. The van der Waals surface area contributed by atoms with Crippen LogP contribution in [0.15, 0.2) is 27.4 Å². The molecule has 1 aliphatic carbocycles. The van der Waals surface area contributed by atoms with Crippen molar-refractivity contribution in [2.24, 2.45) is 11.8 Å². The monoisotopic (exact) mass is 725 g/mol. The lowest BCUT2D eigenvalue weighted by atomic mass is 9.92. The maximum absolute atomic E-state index is 16.0. The van der Waals surface area contributed by atoms with E-state index in [-0.39, 0.29) is 36.9 Å². The highest BCUT2D eigenvalue weighted by molar-refractivity contribution is 7.87. The summed E-state index contributed by atoms with van der Waals surface area (Å²) in [6.07, 6.45) is 1.33. The number of methoxy groups -OCH3 is 1. The van der Waals surface area contributed by atoms with Gasteiger partial charge in [0.1, 0.15) is 5.58 Å². The Morgan fingerprint density at radius 3 is 2.49 bits per heavy atom. The minimum Gasteiger partial charge on any atom is -0.490 e. The molecular weight excluding hydrogens is 681 g/mol. The minimum absolute atomic E-state index is 0.0364. The van der Waals surface area contributed by atoms with Gasteiger partial charge in [0.2, 0.25) is 0 Å². The third kappa shape index (κ3) is 6.38. The number of likely N-dealkylation sites (N-methyl/N-ethyl adjacent to an activating group) is 1. The summed E-state index contributed by atoms with van der Waals surface area (Å²) in [6, 6.07) is 4.69. The van der Waals surface area contributed by atoms with Crippen LogP contribution in [0.5, 0.6) is 5.75 Å². The molecule has 4 heterocycles. The highest BCUT2D eigenvalue weighted by Gasteiger charge is 2.49. The van der Waals surface area contributed by atoms with Gasteiger partial charge in [-0.1, -0.05) is 0 Å². The molecule has 3 fully saturated rings. The lowest BCUT2D eigenvalue weighted by molar-refractivity contribution is 0.0726. The number of nitrogens with zero attached hydrogens (tertiary/aromatic N) is 4. The zero-order chi connectivity index (χ0) is 36.4. The van der Waals surface area contributed by atoms with Crippen LogP contribution in [0.1, 0.15) is 56.3 Å². The molecule has 0 spiro atoms. The highest BCUT2D eigenvalue weighted by Crippen LogP contribution is 2.45. The topological polar surface area (TPSA) is 142 Å². The number of halogens is 1. The standard InChI is InChI=1S/C36H44FN5O8S/c1-6-49-33-27(34(43)38-51(46,47)42-15-22-14-23(22)16-42)8-7-26(31(33)37)35(44)41-10-9-25-28(18-41)36(45)50-32-21(3)29(13-20(2)30(25)32)40-12-11-39(4)24(17-40)19-48-5/h7-8,13,22-24H,6,9-12,14-19H2,1-5H3,(H,38,43)/t22?,23?,24-/m1/s1. The van der Waals surface area contributed by atoms with E-state index in [2.05, 4.69) is 22.9 Å². The van der Waals surface area contributed by atoms with E-state index in [0.29, 0.717) is 49.1 Å². The Kier molecular flexibility index (Phi) is 9.35. The number of carbonyl (C=O) groups is 2. The number of ether oxygens (including phenoxy) is 2. The Labute approximate surface area is 296 Å². The van der Waals surface area contributed by atoms with Gasteiger partial charge in [-0.2, -0.15) is 12.7 Å². The van der Waals surface area contributed by atoms with Crippen LogP contribution in [-0.2, 0) is 27.9 Å². The summed E-state index contributed by atoms with van der Waals surface area (Å²) >= 11 is 0. The van der Waals surface area contributed by atoms with Crippen LogP contribution in [0.4, 0.5) is 10.1 Å². The summed E-state index contributed by atoms with van der Waals surface area (Å²) in [7, 11) is -0.346. The van der Waals surface area contributed by atoms with Gasteiger partial charge < -0.3 is 23.7 Å². The molecule has 0 radical (unpaired) electrons. The molecule has 2 amide bonds. The Hall–Kier alpha value is -4.05. The third-order valence-electron chi connectivity index (χ3n) is 10.9.